The van der Waals surface area contributed by atoms with Gasteiger partial charge in [0.15, 0.2) is 0 Å². The Bertz CT molecular complexity index is 1630. The van der Waals surface area contributed by atoms with Crippen molar-refractivity contribution in [2.75, 3.05) is 16.8 Å². The number of carbonyl (C=O) groups excluding carboxylic acids is 1. The lowest BCUT2D eigenvalue weighted by Gasteiger charge is -2.38. The Kier molecular flexibility index (Phi) is 4.32. The molecule has 1 N–H and O–H groups in total. The number of benzene rings is 4. The predicted octanol–water partition coefficient (Wildman–Crippen LogP) is 6.07. The first-order valence-electron chi connectivity index (χ1n) is 11.7. The fraction of sp³-hybridized carbons (Fsp3) is 0.103. The maximum atomic E-state index is 14.6. The first kappa shape index (κ1) is 20.3. The lowest BCUT2D eigenvalue weighted by molar-refractivity contribution is -0.123. The summed E-state index contributed by atoms with van der Waals surface area (Å²) in [5.74, 6) is 0.731. The molecule has 0 bridgehead atoms. The van der Waals surface area contributed by atoms with E-state index < -0.39 is 5.66 Å². The number of hydrogen-bond donors (Lipinski definition) is 1. The second-order valence-corrected chi connectivity index (χ2v) is 9.43. The van der Waals surface area contributed by atoms with Crippen LogP contribution in [0.5, 0.6) is 0 Å². The number of rotatable bonds is 3. The van der Waals surface area contributed by atoms with E-state index in [-0.39, 0.29) is 5.91 Å². The molecule has 6 heteroatoms. The van der Waals surface area contributed by atoms with Crippen LogP contribution in [0, 0.1) is 0 Å². The minimum atomic E-state index is -1.18. The van der Waals surface area contributed by atoms with E-state index in [1.54, 1.807) is 0 Å². The number of halogens is 1. The number of anilines is 2. The highest BCUT2D eigenvalue weighted by atomic mass is 35.5. The van der Waals surface area contributed by atoms with Gasteiger partial charge in [0.25, 0.3) is 5.91 Å². The van der Waals surface area contributed by atoms with Crippen molar-refractivity contribution < 1.29 is 4.79 Å². The summed E-state index contributed by atoms with van der Waals surface area (Å²) in [7, 11) is 0. The lowest BCUT2D eigenvalue weighted by atomic mass is 9.95. The average molecular weight is 477 g/mol. The maximum absolute atomic E-state index is 14.6. The zero-order chi connectivity index (χ0) is 23.6. The number of nitrogens with one attached hydrogen (secondary N) is 1. The van der Waals surface area contributed by atoms with E-state index in [9.17, 15) is 4.79 Å². The Labute approximate surface area is 207 Å². The second-order valence-electron chi connectivity index (χ2n) is 8.99. The molecule has 2 aliphatic rings. The molecule has 35 heavy (non-hydrogen) atoms. The third-order valence-electron chi connectivity index (χ3n) is 7.04. The molecule has 0 saturated carbocycles. The summed E-state index contributed by atoms with van der Waals surface area (Å²) in [6.45, 7) is 0.560. The van der Waals surface area contributed by atoms with Gasteiger partial charge in [-0.3, -0.25) is 9.36 Å². The van der Waals surface area contributed by atoms with E-state index in [1.165, 1.54) is 5.56 Å². The SMILES string of the molecule is O=C1N(CCc2ccccc2)c2ccc(Cl)cc2C12Nc1ccccc1-c1nc3ccccc3n12. The zero-order valence-electron chi connectivity index (χ0n) is 18.8. The summed E-state index contributed by atoms with van der Waals surface area (Å²) in [4.78, 5) is 21.4. The quantitative estimate of drug-likeness (QED) is 0.343. The molecule has 2 aliphatic heterocycles. The molecule has 0 radical (unpaired) electrons. The third kappa shape index (κ3) is 2.82. The molecular weight excluding hydrogens is 456 g/mol. The molecule has 1 unspecified atom stereocenters. The van der Waals surface area contributed by atoms with Gasteiger partial charge in [-0.2, -0.15) is 0 Å². The largest absolute Gasteiger partial charge is 0.350 e. The van der Waals surface area contributed by atoms with Gasteiger partial charge in [0.1, 0.15) is 5.82 Å². The molecule has 5 nitrogen and oxygen atoms in total. The molecule has 1 aromatic heterocycles. The second kappa shape index (κ2) is 7.45. The Hall–Kier alpha value is -4.09. The molecule has 5 aromatic rings. The summed E-state index contributed by atoms with van der Waals surface area (Å²) in [5, 5.41) is 4.23. The van der Waals surface area contributed by atoms with E-state index >= 15 is 0 Å². The van der Waals surface area contributed by atoms with Gasteiger partial charge in [-0.05, 0) is 54.4 Å². The molecule has 1 spiro atoms. The summed E-state index contributed by atoms with van der Waals surface area (Å²) >= 11 is 6.53. The summed E-state index contributed by atoms with van der Waals surface area (Å²) in [6.07, 6.45) is 0.749. The normalized spacial score (nSPS) is 17.9. The van der Waals surface area contributed by atoms with Crippen LogP contribution in [0.4, 0.5) is 11.4 Å². The number of nitrogens with zero attached hydrogens (tertiary/aromatic N) is 3. The van der Waals surface area contributed by atoms with Gasteiger partial charge >= 0.3 is 0 Å². The van der Waals surface area contributed by atoms with E-state index in [2.05, 4.69) is 22.0 Å². The highest BCUT2D eigenvalue weighted by Gasteiger charge is 2.56. The van der Waals surface area contributed by atoms with Crippen LogP contribution in [0.1, 0.15) is 11.1 Å². The van der Waals surface area contributed by atoms with Gasteiger partial charge in [0.05, 0.1) is 16.7 Å². The third-order valence-corrected chi connectivity index (χ3v) is 7.28. The Morgan fingerprint density at radius 3 is 2.54 bits per heavy atom. The number of para-hydroxylation sites is 3. The molecule has 170 valence electrons. The van der Waals surface area contributed by atoms with Gasteiger partial charge in [-0.15, -0.1) is 0 Å². The van der Waals surface area contributed by atoms with Crippen molar-refractivity contribution >= 4 is 39.9 Å². The lowest BCUT2D eigenvalue weighted by Crippen LogP contribution is -2.53. The van der Waals surface area contributed by atoms with Crippen molar-refractivity contribution in [3.8, 4) is 11.4 Å². The fourth-order valence-corrected chi connectivity index (χ4v) is 5.65. The number of amides is 1. The Balaban J connectivity index is 1.47. The average Bonchev–Trinajstić information content (AvgIpc) is 3.39. The van der Waals surface area contributed by atoms with Crippen LogP contribution in [-0.2, 0) is 16.9 Å². The standard InChI is InChI=1S/C29H21ClN4O/c30-20-14-15-25-22(18-20)29(28(35)33(25)17-16-19-8-2-1-3-9-19)32-23-11-5-4-10-21(23)27-31-24-12-6-7-13-26(24)34(27)29/h1-15,18,32H,16-17H2. The molecule has 4 aromatic carbocycles. The van der Waals surface area contributed by atoms with E-state index in [0.717, 1.165) is 45.8 Å². The molecule has 0 fully saturated rings. The van der Waals surface area contributed by atoms with Crippen LogP contribution in [0.25, 0.3) is 22.4 Å². The van der Waals surface area contributed by atoms with Crippen molar-refractivity contribution in [3.63, 3.8) is 0 Å². The molecule has 3 heterocycles. The van der Waals surface area contributed by atoms with Gasteiger partial charge in [0.2, 0.25) is 5.66 Å². The summed E-state index contributed by atoms with van der Waals surface area (Å²) in [5.41, 5.74) is 5.29. The fourth-order valence-electron chi connectivity index (χ4n) is 5.48. The topological polar surface area (TPSA) is 50.2 Å². The minimum absolute atomic E-state index is 0.0374. The number of carbonyl (C=O) groups is 1. The van der Waals surface area contributed by atoms with Crippen LogP contribution in [-0.4, -0.2) is 22.0 Å². The first-order valence-corrected chi connectivity index (χ1v) is 12.1. The number of hydrogen-bond acceptors (Lipinski definition) is 3. The van der Waals surface area contributed by atoms with E-state index in [4.69, 9.17) is 16.6 Å². The predicted molar refractivity (Wildman–Crippen MR) is 140 cm³/mol. The molecule has 0 aliphatic carbocycles. The van der Waals surface area contributed by atoms with Gasteiger partial charge in [-0.25, -0.2) is 4.98 Å². The van der Waals surface area contributed by atoms with Crippen molar-refractivity contribution in [2.24, 2.45) is 0 Å². The van der Waals surface area contributed by atoms with Crippen molar-refractivity contribution in [1.82, 2.24) is 9.55 Å². The molecular formula is C29H21ClN4O. The van der Waals surface area contributed by atoms with E-state index in [1.807, 2.05) is 89.8 Å². The zero-order valence-corrected chi connectivity index (χ0v) is 19.5. The van der Waals surface area contributed by atoms with Crippen LogP contribution in [0.3, 0.4) is 0 Å². The highest BCUT2D eigenvalue weighted by Crippen LogP contribution is 2.51. The van der Waals surface area contributed by atoms with Crippen LogP contribution >= 0.6 is 11.6 Å². The maximum Gasteiger partial charge on any atom is 0.279 e. The van der Waals surface area contributed by atoms with E-state index in [0.29, 0.717) is 11.6 Å². The first-order chi connectivity index (χ1) is 17.2. The highest BCUT2D eigenvalue weighted by molar-refractivity contribution is 6.31. The van der Waals surface area contributed by atoms with Gasteiger partial charge in [-0.1, -0.05) is 66.2 Å². The van der Waals surface area contributed by atoms with Crippen LogP contribution < -0.4 is 10.2 Å². The molecule has 7 rings (SSSR count). The Morgan fingerprint density at radius 2 is 1.66 bits per heavy atom. The smallest absolute Gasteiger partial charge is 0.279 e. The monoisotopic (exact) mass is 476 g/mol. The summed E-state index contributed by atoms with van der Waals surface area (Å²) in [6, 6.07) is 31.9. The molecule has 1 atom stereocenters. The number of aromatic nitrogens is 2. The molecule has 1 amide bonds. The molecule has 0 saturated heterocycles. The van der Waals surface area contributed by atoms with Crippen molar-refractivity contribution in [2.45, 2.75) is 12.1 Å². The van der Waals surface area contributed by atoms with Crippen molar-refractivity contribution in [3.05, 3.63) is 113 Å². The Morgan fingerprint density at radius 1 is 0.886 bits per heavy atom. The summed E-state index contributed by atoms with van der Waals surface area (Å²) < 4.78 is 2.06. The number of fused-ring (bicyclic) bond motifs is 8. The van der Waals surface area contributed by atoms with Crippen LogP contribution in [0.15, 0.2) is 97.1 Å². The van der Waals surface area contributed by atoms with Gasteiger partial charge in [0, 0.05) is 28.4 Å². The minimum Gasteiger partial charge on any atom is -0.350 e. The van der Waals surface area contributed by atoms with Crippen molar-refractivity contribution in [1.29, 1.82) is 0 Å². The number of imidazole rings is 1. The van der Waals surface area contributed by atoms with Gasteiger partial charge < -0.3 is 10.2 Å². The van der Waals surface area contributed by atoms with Crippen LogP contribution in [0.2, 0.25) is 5.02 Å².